The number of rotatable bonds is 6. The second kappa shape index (κ2) is 7.72. The van der Waals surface area contributed by atoms with E-state index in [2.05, 4.69) is 37.4 Å². The first-order valence-corrected chi connectivity index (χ1v) is 8.64. The molecular weight excluding hydrogens is 266 g/mol. The predicted molar refractivity (Wildman–Crippen MR) is 87.3 cm³/mol. The smallest absolute Gasteiger partial charge is 0.224 e. The lowest BCUT2D eigenvalue weighted by Crippen LogP contribution is -2.27. The van der Waals surface area contributed by atoms with Crippen LogP contribution in [-0.4, -0.2) is 23.5 Å². The van der Waals surface area contributed by atoms with Crippen LogP contribution in [0.5, 0.6) is 0 Å². The Labute approximate surface area is 126 Å². The minimum absolute atomic E-state index is 0.139. The van der Waals surface area contributed by atoms with E-state index < -0.39 is 0 Å². The molecule has 0 saturated heterocycles. The average molecular weight is 291 g/mol. The average Bonchev–Trinajstić information content (AvgIpc) is 2.92. The summed E-state index contributed by atoms with van der Waals surface area (Å²) in [6.45, 7) is 4.99. The Balaban J connectivity index is 1.65. The Kier molecular flexibility index (Phi) is 5.96. The van der Waals surface area contributed by atoms with E-state index in [0.29, 0.717) is 6.42 Å². The molecule has 0 bridgehead atoms. The lowest BCUT2D eigenvalue weighted by molar-refractivity contribution is -0.120. The number of amides is 1. The Morgan fingerprint density at radius 1 is 1.25 bits per heavy atom. The van der Waals surface area contributed by atoms with Gasteiger partial charge in [0.1, 0.15) is 0 Å². The summed E-state index contributed by atoms with van der Waals surface area (Å²) in [6.07, 6.45) is 5.99. The lowest BCUT2D eigenvalue weighted by Gasteiger charge is -2.10. The number of hydrogen-bond acceptors (Lipinski definition) is 2. The van der Waals surface area contributed by atoms with E-state index in [1.165, 1.54) is 36.8 Å². The Morgan fingerprint density at radius 2 is 2.00 bits per heavy atom. The van der Waals surface area contributed by atoms with Crippen molar-refractivity contribution >= 4 is 17.7 Å². The maximum absolute atomic E-state index is 11.9. The van der Waals surface area contributed by atoms with Crippen molar-refractivity contribution in [3.8, 4) is 0 Å². The molecule has 0 atom stereocenters. The minimum atomic E-state index is 0.139. The zero-order valence-electron chi connectivity index (χ0n) is 12.6. The third-order valence-electron chi connectivity index (χ3n) is 4.02. The van der Waals surface area contributed by atoms with Crippen molar-refractivity contribution in [2.24, 2.45) is 0 Å². The zero-order chi connectivity index (χ0) is 14.4. The number of carbonyl (C=O) groups excluding carboxylic acids is 1. The van der Waals surface area contributed by atoms with Crippen LogP contribution in [0.3, 0.4) is 0 Å². The van der Waals surface area contributed by atoms with Crippen molar-refractivity contribution in [1.29, 1.82) is 0 Å². The molecule has 1 aromatic carbocycles. The first kappa shape index (κ1) is 15.4. The van der Waals surface area contributed by atoms with Crippen molar-refractivity contribution in [1.82, 2.24) is 5.32 Å². The summed E-state index contributed by atoms with van der Waals surface area (Å²) in [5.74, 6) is 1.18. The highest BCUT2D eigenvalue weighted by Gasteiger charge is 2.14. The van der Waals surface area contributed by atoms with Crippen molar-refractivity contribution in [2.45, 2.75) is 51.2 Å². The predicted octanol–water partition coefficient (Wildman–Crippen LogP) is 3.64. The molecule has 1 aliphatic carbocycles. The van der Waals surface area contributed by atoms with Gasteiger partial charge in [-0.3, -0.25) is 4.79 Å². The fourth-order valence-corrected chi connectivity index (χ4v) is 3.85. The monoisotopic (exact) mass is 291 g/mol. The molecule has 0 heterocycles. The summed E-state index contributed by atoms with van der Waals surface area (Å²) in [6, 6.07) is 6.26. The summed E-state index contributed by atoms with van der Waals surface area (Å²) >= 11 is 2.02. The second-order valence-corrected chi connectivity index (χ2v) is 7.13. The molecule has 20 heavy (non-hydrogen) atoms. The van der Waals surface area contributed by atoms with Crippen LogP contribution >= 0.6 is 11.8 Å². The topological polar surface area (TPSA) is 29.1 Å². The van der Waals surface area contributed by atoms with Crippen molar-refractivity contribution < 1.29 is 4.79 Å². The number of carbonyl (C=O) groups is 1. The molecule has 1 aromatic rings. The molecule has 1 fully saturated rings. The van der Waals surface area contributed by atoms with Crippen LogP contribution in [0.15, 0.2) is 18.2 Å². The largest absolute Gasteiger partial charge is 0.355 e. The second-order valence-electron chi connectivity index (χ2n) is 5.72. The van der Waals surface area contributed by atoms with Crippen molar-refractivity contribution in [2.75, 3.05) is 12.3 Å². The van der Waals surface area contributed by atoms with Crippen LogP contribution in [0, 0.1) is 13.8 Å². The number of thioether (sulfide) groups is 1. The summed E-state index contributed by atoms with van der Waals surface area (Å²) in [5, 5.41) is 3.87. The molecule has 2 nitrogen and oxygen atoms in total. The molecule has 1 N–H and O–H groups in total. The fourth-order valence-electron chi connectivity index (χ4n) is 2.63. The first-order chi connectivity index (χ1) is 9.65. The Hall–Kier alpha value is -0.960. The third-order valence-corrected chi connectivity index (χ3v) is 5.40. The van der Waals surface area contributed by atoms with Crippen LogP contribution in [0.25, 0.3) is 0 Å². The van der Waals surface area contributed by atoms with E-state index >= 15 is 0 Å². The van der Waals surface area contributed by atoms with E-state index in [0.717, 1.165) is 23.1 Å². The minimum Gasteiger partial charge on any atom is -0.355 e. The van der Waals surface area contributed by atoms with E-state index in [9.17, 15) is 4.79 Å². The van der Waals surface area contributed by atoms with Crippen LogP contribution in [0.1, 0.15) is 42.4 Å². The van der Waals surface area contributed by atoms with E-state index in [4.69, 9.17) is 0 Å². The van der Waals surface area contributed by atoms with E-state index in [1.54, 1.807) is 0 Å². The summed E-state index contributed by atoms with van der Waals surface area (Å²) in [5.41, 5.74) is 3.64. The van der Waals surface area contributed by atoms with Crippen LogP contribution in [0.4, 0.5) is 0 Å². The molecule has 0 aromatic heterocycles. The van der Waals surface area contributed by atoms with Gasteiger partial charge in [-0.15, -0.1) is 0 Å². The fraction of sp³-hybridized carbons (Fsp3) is 0.588. The number of hydrogen-bond donors (Lipinski definition) is 1. The highest BCUT2D eigenvalue weighted by atomic mass is 32.2. The van der Waals surface area contributed by atoms with E-state index in [1.807, 2.05) is 11.8 Å². The molecule has 3 heteroatoms. The number of aryl methyl sites for hydroxylation is 2. The van der Waals surface area contributed by atoms with Gasteiger partial charge < -0.3 is 5.32 Å². The Morgan fingerprint density at radius 3 is 2.70 bits per heavy atom. The van der Waals surface area contributed by atoms with E-state index in [-0.39, 0.29) is 5.91 Å². The number of benzene rings is 1. The van der Waals surface area contributed by atoms with Gasteiger partial charge in [0.25, 0.3) is 0 Å². The molecule has 0 aliphatic heterocycles. The number of nitrogens with one attached hydrogen (secondary N) is 1. The molecule has 0 spiro atoms. The van der Waals surface area contributed by atoms with Gasteiger partial charge in [0.2, 0.25) is 5.91 Å². The maximum Gasteiger partial charge on any atom is 0.224 e. The van der Waals surface area contributed by atoms with Crippen molar-refractivity contribution in [3.63, 3.8) is 0 Å². The summed E-state index contributed by atoms with van der Waals surface area (Å²) in [4.78, 5) is 11.9. The van der Waals surface area contributed by atoms with Crippen LogP contribution in [0.2, 0.25) is 0 Å². The zero-order valence-corrected chi connectivity index (χ0v) is 13.4. The molecule has 0 radical (unpaired) electrons. The van der Waals surface area contributed by atoms with Gasteiger partial charge >= 0.3 is 0 Å². The standard InChI is InChI=1S/C17H25NOS/c1-13-7-8-15(11-14(13)2)12-17(19)18-9-10-20-16-5-3-4-6-16/h7-8,11,16H,3-6,9-10,12H2,1-2H3,(H,18,19). The van der Waals surface area contributed by atoms with Gasteiger partial charge in [-0.05, 0) is 43.4 Å². The van der Waals surface area contributed by atoms with Crippen LogP contribution in [-0.2, 0) is 11.2 Å². The lowest BCUT2D eigenvalue weighted by atomic mass is 10.0. The third kappa shape index (κ3) is 4.86. The summed E-state index contributed by atoms with van der Waals surface area (Å²) < 4.78 is 0. The molecule has 1 amide bonds. The molecular formula is C17H25NOS. The Bertz CT molecular complexity index is 452. The molecule has 110 valence electrons. The van der Waals surface area contributed by atoms with Gasteiger partial charge in [0, 0.05) is 17.5 Å². The van der Waals surface area contributed by atoms with Crippen molar-refractivity contribution in [3.05, 3.63) is 34.9 Å². The van der Waals surface area contributed by atoms with Crippen LogP contribution < -0.4 is 5.32 Å². The normalized spacial score (nSPS) is 15.5. The SMILES string of the molecule is Cc1ccc(CC(=O)NCCSC2CCCC2)cc1C. The molecule has 1 aliphatic rings. The van der Waals surface area contributed by atoms with Gasteiger partial charge in [-0.2, -0.15) is 11.8 Å². The molecule has 2 rings (SSSR count). The molecule has 1 saturated carbocycles. The van der Waals surface area contributed by atoms with Gasteiger partial charge in [0.15, 0.2) is 0 Å². The quantitative estimate of drug-likeness (QED) is 0.811. The maximum atomic E-state index is 11.9. The van der Waals surface area contributed by atoms with Gasteiger partial charge in [0.05, 0.1) is 6.42 Å². The highest BCUT2D eigenvalue weighted by molar-refractivity contribution is 7.99. The first-order valence-electron chi connectivity index (χ1n) is 7.59. The molecule has 0 unspecified atom stereocenters. The highest BCUT2D eigenvalue weighted by Crippen LogP contribution is 2.28. The van der Waals surface area contributed by atoms with Gasteiger partial charge in [-0.25, -0.2) is 0 Å². The summed E-state index contributed by atoms with van der Waals surface area (Å²) in [7, 11) is 0. The van der Waals surface area contributed by atoms with Gasteiger partial charge in [-0.1, -0.05) is 31.0 Å².